The topological polar surface area (TPSA) is 57.7 Å². The Balaban J connectivity index is 3.09. The minimum atomic E-state index is -3.44. The summed E-state index contributed by atoms with van der Waals surface area (Å²) in [4.78, 5) is 10.7. The van der Waals surface area contributed by atoms with Crippen molar-refractivity contribution >= 4 is 16.1 Å². The maximum absolute atomic E-state index is 10.9. The molecule has 58 valence electrons. The third kappa shape index (κ3) is 0.800. The van der Waals surface area contributed by atoms with Gasteiger partial charge in [0.15, 0.2) is 0 Å². The highest BCUT2D eigenvalue weighted by Gasteiger charge is 2.36. The van der Waals surface area contributed by atoms with Crippen LogP contribution in [0.25, 0.3) is 0 Å². The number of likely N-dealkylation sites (N-methyl/N-ethyl adjacent to an activating group) is 2. The van der Waals surface area contributed by atoms with Gasteiger partial charge in [0.1, 0.15) is 0 Å². The molecule has 0 radical (unpaired) electrons. The van der Waals surface area contributed by atoms with E-state index in [4.69, 9.17) is 0 Å². The molecule has 0 spiro atoms. The van der Waals surface area contributed by atoms with Crippen LogP contribution in [0.15, 0.2) is 0 Å². The van der Waals surface area contributed by atoms with Crippen molar-refractivity contribution in [2.75, 3.05) is 20.6 Å². The summed E-state index contributed by atoms with van der Waals surface area (Å²) in [5.74, 6) is -0.387. The minimum Gasteiger partial charge on any atom is -0.272 e. The first-order valence-corrected chi connectivity index (χ1v) is 4.09. The van der Waals surface area contributed by atoms with Gasteiger partial charge in [-0.3, -0.25) is 4.79 Å². The summed E-state index contributed by atoms with van der Waals surface area (Å²) in [5.41, 5.74) is 0. The maximum atomic E-state index is 10.9. The number of hydrogen-bond acceptors (Lipinski definition) is 3. The lowest BCUT2D eigenvalue weighted by Gasteiger charge is -2.08. The van der Waals surface area contributed by atoms with Crippen LogP contribution < -0.4 is 0 Å². The van der Waals surface area contributed by atoms with Gasteiger partial charge in [-0.25, -0.2) is 4.31 Å². The molecular formula is C4H8N2O3S. The van der Waals surface area contributed by atoms with Gasteiger partial charge in [0.25, 0.3) is 5.91 Å². The van der Waals surface area contributed by atoms with Gasteiger partial charge in [-0.05, 0) is 0 Å². The van der Waals surface area contributed by atoms with Gasteiger partial charge in [-0.15, -0.1) is 0 Å². The Morgan fingerprint density at radius 2 is 1.90 bits per heavy atom. The monoisotopic (exact) mass is 164 g/mol. The molecule has 0 atom stereocenters. The number of carbonyl (C=O) groups is 1. The van der Waals surface area contributed by atoms with Crippen molar-refractivity contribution in [1.82, 2.24) is 8.61 Å². The van der Waals surface area contributed by atoms with Crippen LogP contribution >= 0.6 is 0 Å². The number of hydrogen-bond donors (Lipinski definition) is 0. The summed E-state index contributed by atoms with van der Waals surface area (Å²) >= 11 is 0. The number of nitrogens with zero attached hydrogens (tertiary/aromatic N) is 2. The van der Waals surface area contributed by atoms with E-state index >= 15 is 0 Å². The second-order valence-electron chi connectivity index (χ2n) is 2.13. The third-order valence-corrected chi connectivity index (χ3v) is 3.26. The van der Waals surface area contributed by atoms with Crippen molar-refractivity contribution in [3.63, 3.8) is 0 Å². The van der Waals surface area contributed by atoms with Crippen molar-refractivity contribution < 1.29 is 13.2 Å². The standard InChI is InChI=1S/C4H8N2O3S/c1-5-3-4(7)6(2)10(5,8)9/h3H2,1-2H3. The molecule has 0 N–H and O–H groups in total. The summed E-state index contributed by atoms with van der Waals surface area (Å²) in [5, 5.41) is 0. The zero-order valence-electron chi connectivity index (χ0n) is 5.73. The van der Waals surface area contributed by atoms with Gasteiger partial charge in [-0.1, -0.05) is 0 Å². The smallest absolute Gasteiger partial charge is 0.272 e. The quantitative estimate of drug-likeness (QED) is 0.444. The summed E-state index contributed by atoms with van der Waals surface area (Å²) < 4.78 is 23.6. The molecule has 1 heterocycles. The lowest BCUT2D eigenvalue weighted by atomic mass is 10.6. The summed E-state index contributed by atoms with van der Waals surface area (Å²) in [6, 6.07) is 0. The zero-order valence-corrected chi connectivity index (χ0v) is 6.55. The Labute approximate surface area is 59.4 Å². The Morgan fingerprint density at radius 1 is 1.40 bits per heavy atom. The lowest BCUT2D eigenvalue weighted by molar-refractivity contribution is -0.123. The first-order valence-electron chi connectivity index (χ1n) is 2.69. The first kappa shape index (κ1) is 7.49. The van der Waals surface area contributed by atoms with Crippen molar-refractivity contribution in [1.29, 1.82) is 0 Å². The SMILES string of the molecule is CN1CC(=O)N(C)S1(=O)=O. The molecule has 0 aromatic heterocycles. The molecule has 1 aliphatic rings. The number of carbonyl (C=O) groups excluding carboxylic acids is 1. The van der Waals surface area contributed by atoms with E-state index in [1.165, 1.54) is 14.1 Å². The van der Waals surface area contributed by atoms with Crippen molar-refractivity contribution in [2.45, 2.75) is 0 Å². The van der Waals surface area contributed by atoms with Gasteiger partial charge in [0, 0.05) is 14.1 Å². The molecule has 6 heteroatoms. The largest absolute Gasteiger partial charge is 0.306 e. The van der Waals surface area contributed by atoms with Gasteiger partial charge in [0.05, 0.1) is 6.54 Å². The number of amides is 1. The van der Waals surface area contributed by atoms with E-state index in [0.29, 0.717) is 0 Å². The molecule has 1 amide bonds. The molecule has 0 bridgehead atoms. The Hall–Kier alpha value is -0.620. The molecule has 0 aromatic rings. The molecule has 1 aliphatic heterocycles. The molecule has 1 rings (SSSR count). The molecular weight excluding hydrogens is 156 g/mol. The van der Waals surface area contributed by atoms with Crippen LogP contribution in [0, 0.1) is 0 Å². The molecule has 1 saturated heterocycles. The van der Waals surface area contributed by atoms with Crippen LogP contribution in [-0.2, 0) is 15.0 Å². The first-order chi connectivity index (χ1) is 4.46. The van der Waals surface area contributed by atoms with Crippen LogP contribution in [0.1, 0.15) is 0 Å². The zero-order chi connectivity index (χ0) is 7.94. The second-order valence-corrected chi connectivity index (χ2v) is 4.19. The van der Waals surface area contributed by atoms with Crippen LogP contribution in [-0.4, -0.2) is 43.6 Å². The second kappa shape index (κ2) is 1.93. The van der Waals surface area contributed by atoms with E-state index in [2.05, 4.69) is 0 Å². The average Bonchev–Trinajstić information content (AvgIpc) is 1.97. The van der Waals surface area contributed by atoms with Crippen molar-refractivity contribution in [3.8, 4) is 0 Å². The molecule has 0 saturated carbocycles. The lowest BCUT2D eigenvalue weighted by Crippen LogP contribution is -2.28. The molecule has 10 heavy (non-hydrogen) atoms. The van der Waals surface area contributed by atoms with Crippen molar-refractivity contribution in [2.24, 2.45) is 0 Å². The average molecular weight is 164 g/mol. The fourth-order valence-electron chi connectivity index (χ4n) is 0.709. The number of rotatable bonds is 0. The van der Waals surface area contributed by atoms with Gasteiger partial charge < -0.3 is 0 Å². The molecule has 5 nitrogen and oxygen atoms in total. The van der Waals surface area contributed by atoms with E-state index < -0.39 is 10.2 Å². The van der Waals surface area contributed by atoms with E-state index in [9.17, 15) is 13.2 Å². The maximum Gasteiger partial charge on any atom is 0.306 e. The summed E-state index contributed by atoms with van der Waals surface area (Å²) in [7, 11) is -0.813. The molecule has 1 fully saturated rings. The fourth-order valence-corrected chi connectivity index (χ4v) is 1.72. The van der Waals surface area contributed by atoms with Gasteiger partial charge in [-0.2, -0.15) is 12.7 Å². The minimum absolute atomic E-state index is 0.0428. The van der Waals surface area contributed by atoms with Gasteiger partial charge >= 0.3 is 10.2 Å². The molecule has 0 aromatic carbocycles. The summed E-state index contributed by atoms with van der Waals surface area (Å²) in [6.07, 6.45) is 0. The Morgan fingerprint density at radius 3 is 2.00 bits per heavy atom. The van der Waals surface area contributed by atoms with Crippen LogP contribution in [0.2, 0.25) is 0 Å². The van der Waals surface area contributed by atoms with Crippen LogP contribution in [0.4, 0.5) is 0 Å². The van der Waals surface area contributed by atoms with E-state index in [1.54, 1.807) is 0 Å². The predicted octanol–water partition coefficient (Wildman–Crippen LogP) is -1.36. The van der Waals surface area contributed by atoms with E-state index in [-0.39, 0.29) is 12.5 Å². The van der Waals surface area contributed by atoms with Crippen LogP contribution in [0.5, 0.6) is 0 Å². The van der Waals surface area contributed by atoms with E-state index in [1.807, 2.05) is 0 Å². The van der Waals surface area contributed by atoms with Crippen LogP contribution in [0.3, 0.4) is 0 Å². The van der Waals surface area contributed by atoms with Crippen molar-refractivity contribution in [3.05, 3.63) is 0 Å². The normalized spacial score (nSPS) is 25.8. The highest BCUT2D eigenvalue weighted by Crippen LogP contribution is 2.11. The Bertz CT molecular complexity index is 258. The third-order valence-electron chi connectivity index (χ3n) is 1.45. The summed E-state index contributed by atoms with van der Waals surface area (Å²) in [6.45, 7) is -0.0428. The highest BCUT2D eigenvalue weighted by atomic mass is 32.2. The predicted molar refractivity (Wildman–Crippen MR) is 34.3 cm³/mol. The molecule has 0 unspecified atom stereocenters. The molecule has 0 aliphatic carbocycles. The van der Waals surface area contributed by atoms with Gasteiger partial charge in [0.2, 0.25) is 0 Å². The van der Waals surface area contributed by atoms with E-state index in [0.717, 1.165) is 8.61 Å². The Kier molecular flexibility index (Phi) is 1.44. The fraction of sp³-hybridized carbons (Fsp3) is 0.750. The highest BCUT2D eigenvalue weighted by molar-refractivity contribution is 7.87.